The zero-order chi connectivity index (χ0) is 41.4. The van der Waals surface area contributed by atoms with Crippen LogP contribution >= 0.6 is 0 Å². The average Bonchev–Trinajstić information content (AvgIpc) is 3.43. The number of hydrogen-bond acceptors (Lipinski definition) is 8. The molecule has 1 amide bonds. The molecule has 5 aliphatic carbocycles. The molecule has 0 bridgehead atoms. The molecule has 1 heterocycles. The number of aliphatic carboxylic acids is 1. The van der Waals surface area contributed by atoms with Gasteiger partial charge >= 0.3 is 11.9 Å². The third-order valence-electron chi connectivity index (χ3n) is 16.5. The summed E-state index contributed by atoms with van der Waals surface area (Å²) in [7, 11) is 3.49. The fraction of sp³-hybridized carbons (Fsp3) is 0.717. The van der Waals surface area contributed by atoms with Gasteiger partial charge in [0.1, 0.15) is 6.10 Å². The van der Waals surface area contributed by atoms with Crippen molar-refractivity contribution in [2.24, 2.45) is 56.2 Å². The number of ketones is 1. The lowest BCUT2D eigenvalue weighted by molar-refractivity contribution is -0.233. The van der Waals surface area contributed by atoms with E-state index < -0.39 is 22.8 Å². The van der Waals surface area contributed by atoms with Crippen LogP contribution in [0.4, 0.5) is 5.69 Å². The highest BCUT2D eigenvalue weighted by atomic mass is 16.5. The van der Waals surface area contributed by atoms with Gasteiger partial charge in [-0.15, -0.1) is 0 Å². The van der Waals surface area contributed by atoms with E-state index in [4.69, 9.17) is 9.47 Å². The maximum absolute atomic E-state index is 14.4. The molecule has 0 aromatic carbocycles. The average molecular weight is 774 g/mol. The maximum atomic E-state index is 14.4. The van der Waals surface area contributed by atoms with Gasteiger partial charge in [-0.25, -0.2) is 9.99 Å². The number of methoxy groups -OCH3 is 1. The number of carboxylic acids is 1. The molecule has 56 heavy (non-hydrogen) atoms. The summed E-state index contributed by atoms with van der Waals surface area (Å²) < 4.78 is 11.5. The molecule has 10 heteroatoms. The molecule has 8 atom stereocenters. The minimum absolute atomic E-state index is 0.0186. The number of Topliss-reactive ketones (excluding diaryl/α,β-unsaturated/α-hetero) is 1. The third kappa shape index (κ3) is 6.13. The topological polar surface area (TPSA) is 126 Å². The predicted molar refractivity (Wildman–Crippen MR) is 216 cm³/mol. The van der Waals surface area contributed by atoms with Gasteiger partial charge in [-0.1, -0.05) is 54.5 Å². The number of pyridine rings is 1. The molecule has 1 aromatic heterocycles. The monoisotopic (exact) mass is 773 g/mol. The summed E-state index contributed by atoms with van der Waals surface area (Å²) in [6, 6.07) is 3.58. The normalized spacial score (nSPS) is 35.2. The second-order valence-electron chi connectivity index (χ2n) is 20.2. The molecule has 1 N–H and O–H groups in total. The van der Waals surface area contributed by atoms with Crippen molar-refractivity contribution >= 4 is 29.8 Å². The van der Waals surface area contributed by atoms with Crippen LogP contribution in [-0.4, -0.2) is 59.5 Å². The summed E-state index contributed by atoms with van der Waals surface area (Å²) in [5.74, 6) is 0.386. The highest BCUT2D eigenvalue weighted by Crippen LogP contribution is 2.77. The molecule has 4 fully saturated rings. The van der Waals surface area contributed by atoms with Crippen LogP contribution in [0, 0.1) is 56.2 Å². The minimum atomic E-state index is -1.18. The molecule has 6 rings (SSSR count). The number of anilines is 1. The number of nitrogens with zero attached hydrogens (tertiary/aromatic N) is 3. The lowest BCUT2D eigenvalue weighted by Gasteiger charge is -2.72. The van der Waals surface area contributed by atoms with Crippen molar-refractivity contribution < 1.29 is 33.8 Å². The molecular weight excluding hydrogens is 707 g/mol. The van der Waals surface area contributed by atoms with Crippen LogP contribution in [0.15, 0.2) is 41.2 Å². The zero-order valence-corrected chi connectivity index (χ0v) is 36.1. The van der Waals surface area contributed by atoms with Gasteiger partial charge in [0.15, 0.2) is 5.78 Å². The number of ether oxygens (including phenoxy) is 2. The van der Waals surface area contributed by atoms with Crippen molar-refractivity contribution in [1.82, 2.24) is 9.99 Å². The summed E-state index contributed by atoms with van der Waals surface area (Å²) in [5.41, 5.74) is 1.95. The SMILES string of the molecule is C/C=C(\N(C)N(C=O)c1ccc(OC)nc1)C12CC[C@]3(C)C(CCC4C5(C)CCC(OC(=O)CC(C)(C)C(=O)O)C(C)(C)C5CCC43C)C1=C(C(C)C)C(=O)C2. The zero-order valence-electron chi connectivity index (χ0n) is 36.1. The van der Waals surface area contributed by atoms with E-state index in [9.17, 15) is 24.3 Å². The number of amides is 1. The maximum Gasteiger partial charge on any atom is 0.309 e. The van der Waals surface area contributed by atoms with Gasteiger partial charge in [0, 0.05) is 36.1 Å². The molecule has 1 aromatic rings. The van der Waals surface area contributed by atoms with E-state index in [1.54, 1.807) is 38.2 Å². The number of hydrazine groups is 1. The number of carboxylic acid groups (broad SMARTS) is 1. The first-order valence-electron chi connectivity index (χ1n) is 20.9. The largest absolute Gasteiger partial charge is 0.481 e. The summed E-state index contributed by atoms with van der Waals surface area (Å²) in [5, 5.41) is 13.2. The Hall–Kier alpha value is -3.69. The number of aromatic nitrogens is 1. The lowest BCUT2D eigenvalue weighted by Crippen LogP contribution is -2.66. The number of hydrogen-bond donors (Lipinski definition) is 1. The molecule has 4 saturated carbocycles. The van der Waals surface area contributed by atoms with Crippen molar-refractivity contribution in [1.29, 1.82) is 0 Å². The first-order valence-corrected chi connectivity index (χ1v) is 20.9. The second kappa shape index (κ2) is 14.3. The van der Waals surface area contributed by atoms with Gasteiger partial charge < -0.3 is 14.6 Å². The molecule has 0 spiro atoms. The van der Waals surface area contributed by atoms with Crippen LogP contribution in [0.5, 0.6) is 5.88 Å². The quantitative estimate of drug-likeness (QED) is 0.133. The van der Waals surface area contributed by atoms with E-state index in [0.29, 0.717) is 29.8 Å². The Labute approximate surface area is 334 Å². The number of esters is 1. The molecule has 10 nitrogen and oxygen atoms in total. The van der Waals surface area contributed by atoms with Crippen molar-refractivity contribution in [3.8, 4) is 5.88 Å². The summed E-state index contributed by atoms with van der Waals surface area (Å²) in [6.45, 7) is 21.7. The molecule has 0 aliphatic heterocycles. The van der Waals surface area contributed by atoms with Crippen LogP contribution in [0.1, 0.15) is 133 Å². The summed E-state index contributed by atoms with van der Waals surface area (Å²) in [4.78, 5) is 56.5. The van der Waals surface area contributed by atoms with Gasteiger partial charge in [-0.3, -0.25) is 24.2 Å². The standard InChI is InChI=1S/C46H67N3O7/c1-13-34(48(11)49(27-50)29-14-17-36(55-12)47-26-29)46-23-22-44(9)30(39(46)38(28(2)3)31(51)24-46)15-16-33-43(8)20-19-35(56-37(52)25-41(4,5)40(53)54)42(6,7)32(43)18-21-45(33,44)10/h13-14,17,26-28,30,32-33,35H,15-16,18-25H2,1-12H3,(H,53,54)/b34-13-/t30?,32?,33?,35?,43?,44-,45?,46?/m1/s1. The fourth-order valence-electron chi connectivity index (χ4n) is 13.6. The van der Waals surface area contributed by atoms with Crippen molar-refractivity contribution in [3.63, 3.8) is 0 Å². The van der Waals surface area contributed by atoms with Crippen molar-refractivity contribution in [2.45, 2.75) is 140 Å². The Morgan fingerprint density at radius 1 is 1.00 bits per heavy atom. The van der Waals surface area contributed by atoms with Gasteiger partial charge in [-0.05, 0) is 129 Å². The first kappa shape index (κ1) is 41.9. The highest BCUT2D eigenvalue weighted by Gasteiger charge is 2.70. The summed E-state index contributed by atoms with van der Waals surface area (Å²) >= 11 is 0. The van der Waals surface area contributed by atoms with E-state index in [0.717, 1.165) is 69.0 Å². The van der Waals surface area contributed by atoms with E-state index in [2.05, 4.69) is 59.5 Å². The van der Waals surface area contributed by atoms with Crippen molar-refractivity contribution in [2.75, 3.05) is 19.2 Å². The van der Waals surface area contributed by atoms with Gasteiger partial charge in [0.25, 0.3) is 0 Å². The number of fused-ring (bicyclic) bond motifs is 7. The second-order valence-corrected chi connectivity index (χ2v) is 20.2. The Kier molecular flexibility index (Phi) is 10.7. The van der Waals surface area contributed by atoms with Crippen LogP contribution < -0.4 is 9.75 Å². The molecule has 7 unspecified atom stereocenters. The Morgan fingerprint density at radius 2 is 1.70 bits per heavy atom. The molecule has 5 aliphatic rings. The molecule has 0 radical (unpaired) electrons. The predicted octanol–water partition coefficient (Wildman–Crippen LogP) is 9.20. The van der Waals surface area contributed by atoms with Crippen LogP contribution in [-0.2, 0) is 23.9 Å². The minimum Gasteiger partial charge on any atom is -0.481 e. The van der Waals surface area contributed by atoms with Gasteiger partial charge in [0.05, 0.1) is 30.8 Å². The number of rotatable bonds is 11. The van der Waals surface area contributed by atoms with Crippen LogP contribution in [0.25, 0.3) is 0 Å². The Morgan fingerprint density at radius 3 is 2.27 bits per heavy atom. The molecule has 308 valence electrons. The lowest BCUT2D eigenvalue weighted by atomic mass is 9.33. The van der Waals surface area contributed by atoms with Gasteiger partial charge in [0.2, 0.25) is 12.3 Å². The molecular formula is C46H67N3O7. The Bertz CT molecular complexity index is 1810. The third-order valence-corrected chi connectivity index (χ3v) is 16.5. The fourth-order valence-corrected chi connectivity index (χ4v) is 13.6. The van der Waals surface area contributed by atoms with E-state index in [1.165, 1.54) is 5.57 Å². The van der Waals surface area contributed by atoms with Crippen LogP contribution in [0.2, 0.25) is 0 Å². The number of carbonyl (C=O) groups is 4. The number of allylic oxidation sites excluding steroid dienone is 3. The summed E-state index contributed by atoms with van der Waals surface area (Å²) in [6.07, 6.45) is 12.3. The van der Waals surface area contributed by atoms with E-state index >= 15 is 0 Å². The molecule has 0 saturated heterocycles. The van der Waals surface area contributed by atoms with Gasteiger partial charge in [-0.2, -0.15) is 0 Å². The number of carbonyl (C=O) groups excluding carboxylic acids is 3. The Balaban J connectivity index is 1.34. The van der Waals surface area contributed by atoms with E-state index in [1.807, 2.05) is 25.0 Å². The smallest absolute Gasteiger partial charge is 0.309 e. The van der Waals surface area contributed by atoms with Crippen LogP contribution in [0.3, 0.4) is 0 Å². The van der Waals surface area contributed by atoms with E-state index in [-0.39, 0.29) is 51.8 Å². The highest BCUT2D eigenvalue weighted by molar-refractivity contribution is 6.01. The van der Waals surface area contributed by atoms with Crippen molar-refractivity contribution in [3.05, 3.63) is 41.2 Å². The first-order chi connectivity index (χ1) is 26.1.